The topological polar surface area (TPSA) is 88.4 Å². The number of rotatable bonds is 8. The van der Waals surface area contributed by atoms with E-state index in [-0.39, 0.29) is 38.4 Å². The Morgan fingerprint density at radius 2 is 1.84 bits per heavy atom. The van der Waals surface area contributed by atoms with Crippen LogP contribution in [-0.2, 0) is 16.6 Å². The number of carbonyl (C=O) groups excluding carboxylic acids is 1. The van der Waals surface area contributed by atoms with Crippen molar-refractivity contribution in [2.45, 2.75) is 44.2 Å². The van der Waals surface area contributed by atoms with Crippen LogP contribution >= 0.6 is 11.3 Å². The van der Waals surface area contributed by atoms with Gasteiger partial charge in [0.2, 0.25) is 10.0 Å². The van der Waals surface area contributed by atoms with Crippen LogP contribution in [0.5, 0.6) is 0 Å². The van der Waals surface area contributed by atoms with Crippen molar-refractivity contribution in [3.8, 4) is 0 Å². The number of sulfonamides is 1. The van der Waals surface area contributed by atoms with E-state index in [1.54, 1.807) is 11.7 Å². The zero-order chi connectivity index (χ0) is 26.5. The Balaban J connectivity index is 1.47. The summed E-state index contributed by atoms with van der Waals surface area (Å²) in [6.07, 6.45) is 1.67. The maximum absolute atomic E-state index is 14.4. The summed E-state index contributed by atoms with van der Waals surface area (Å²) in [7, 11) is -2.10. The highest BCUT2D eigenvalue weighted by Gasteiger charge is 2.35. The summed E-state index contributed by atoms with van der Waals surface area (Å²) in [6, 6.07) is 9.60. The van der Waals surface area contributed by atoms with Gasteiger partial charge >= 0.3 is 0 Å². The second-order valence-corrected chi connectivity index (χ2v) is 12.1. The number of amides is 1. The van der Waals surface area contributed by atoms with Crippen LogP contribution in [0.2, 0.25) is 0 Å². The van der Waals surface area contributed by atoms with Crippen LogP contribution in [0.1, 0.15) is 34.6 Å². The molecule has 5 rings (SSSR count). The summed E-state index contributed by atoms with van der Waals surface area (Å²) in [5, 5.41) is 4.64. The van der Waals surface area contributed by atoms with E-state index >= 15 is 0 Å². The monoisotopic (exact) mass is 545 g/mol. The third-order valence-electron chi connectivity index (χ3n) is 6.36. The third kappa shape index (κ3) is 5.00. The number of carbonyl (C=O) groups is 1. The van der Waals surface area contributed by atoms with Crippen molar-refractivity contribution in [1.29, 1.82) is 0 Å². The van der Waals surface area contributed by atoms with Crippen molar-refractivity contribution in [2.24, 2.45) is 0 Å². The first-order valence-electron chi connectivity index (χ1n) is 11.7. The van der Waals surface area contributed by atoms with Gasteiger partial charge in [0, 0.05) is 37.0 Å². The van der Waals surface area contributed by atoms with Crippen molar-refractivity contribution in [2.75, 3.05) is 18.5 Å². The molecule has 4 aromatic rings. The average molecular weight is 546 g/mol. The second kappa shape index (κ2) is 9.58. The zero-order valence-electron chi connectivity index (χ0n) is 20.5. The van der Waals surface area contributed by atoms with Crippen LogP contribution in [0.4, 0.5) is 13.9 Å². The van der Waals surface area contributed by atoms with Gasteiger partial charge in [-0.05, 0) is 63.1 Å². The predicted molar refractivity (Wildman–Crippen MR) is 137 cm³/mol. The maximum Gasteiger partial charge on any atom is 0.260 e. The number of hydrogen-bond acceptors (Lipinski definition) is 6. The fourth-order valence-corrected chi connectivity index (χ4v) is 6.61. The molecule has 0 radical (unpaired) electrons. The Kier molecular flexibility index (Phi) is 6.59. The summed E-state index contributed by atoms with van der Waals surface area (Å²) < 4.78 is 57.2. The van der Waals surface area contributed by atoms with Crippen LogP contribution < -0.4 is 4.90 Å². The van der Waals surface area contributed by atoms with Crippen molar-refractivity contribution < 1.29 is 22.0 Å². The van der Waals surface area contributed by atoms with E-state index in [0.717, 1.165) is 41.6 Å². The number of hydrogen-bond donors (Lipinski definition) is 0. The number of nitrogens with zero attached hydrogens (tertiary/aromatic N) is 5. The molecule has 2 aromatic heterocycles. The molecule has 0 aliphatic heterocycles. The highest BCUT2D eigenvalue weighted by atomic mass is 32.2. The van der Waals surface area contributed by atoms with Gasteiger partial charge in [0.15, 0.2) is 10.9 Å². The lowest BCUT2D eigenvalue weighted by Crippen LogP contribution is -2.34. The number of fused-ring (bicyclic) bond motifs is 1. The van der Waals surface area contributed by atoms with E-state index in [1.807, 2.05) is 19.9 Å². The van der Waals surface area contributed by atoms with Gasteiger partial charge < -0.3 is 0 Å². The molecule has 0 unspecified atom stereocenters. The van der Waals surface area contributed by atoms with Crippen molar-refractivity contribution in [3.05, 3.63) is 71.1 Å². The van der Waals surface area contributed by atoms with E-state index in [0.29, 0.717) is 6.54 Å². The molecular weight excluding hydrogens is 520 g/mol. The summed E-state index contributed by atoms with van der Waals surface area (Å²) in [6.45, 7) is 4.28. The Bertz CT molecular complexity index is 1590. The SMILES string of the molecule is Cc1cc(C)n(CCN(C(=O)c2ccc(S(=O)(=O)N(C)C3CC3)cc2)c2nc3c(F)cc(F)cc3s2)n1. The van der Waals surface area contributed by atoms with Crippen molar-refractivity contribution >= 4 is 42.6 Å². The van der Waals surface area contributed by atoms with Gasteiger partial charge in [-0.3, -0.25) is 14.4 Å². The van der Waals surface area contributed by atoms with Crippen LogP contribution in [0, 0.1) is 25.5 Å². The number of aromatic nitrogens is 3. The quantitative estimate of drug-likeness (QED) is 0.325. The zero-order valence-corrected chi connectivity index (χ0v) is 22.1. The minimum absolute atomic E-state index is 0.0143. The van der Waals surface area contributed by atoms with Crippen LogP contribution in [0.15, 0.2) is 47.4 Å². The molecule has 2 heterocycles. The van der Waals surface area contributed by atoms with E-state index in [2.05, 4.69) is 10.1 Å². The van der Waals surface area contributed by atoms with E-state index < -0.39 is 27.6 Å². The molecule has 0 N–H and O–H groups in total. The normalized spacial score (nSPS) is 14.0. The van der Waals surface area contributed by atoms with Gasteiger partial charge in [0.25, 0.3) is 5.91 Å². The largest absolute Gasteiger partial charge is 0.282 e. The predicted octanol–water partition coefficient (Wildman–Crippen LogP) is 4.52. The van der Waals surface area contributed by atoms with E-state index in [4.69, 9.17) is 0 Å². The van der Waals surface area contributed by atoms with Gasteiger partial charge in [-0.2, -0.15) is 9.40 Å². The highest BCUT2D eigenvalue weighted by molar-refractivity contribution is 7.89. The smallest absolute Gasteiger partial charge is 0.260 e. The second-order valence-electron chi connectivity index (χ2n) is 9.11. The fourth-order valence-electron chi connectivity index (χ4n) is 4.17. The fraction of sp³-hybridized carbons (Fsp3) is 0.320. The summed E-state index contributed by atoms with van der Waals surface area (Å²) >= 11 is 1.00. The summed E-state index contributed by atoms with van der Waals surface area (Å²) in [4.78, 5) is 19.4. The van der Waals surface area contributed by atoms with Crippen molar-refractivity contribution in [3.63, 3.8) is 0 Å². The first kappa shape index (κ1) is 25.4. The molecule has 1 aliphatic rings. The Morgan fingerprint density at radius 1 is 1.14 bits per heavy atom. The number of benzene rings is 2. The molecule has 1 saturated carbocycles. The standard InChI is InChI=1S/C25H25F2N5O3S2/c1-15-12-16(2)32(29-15)11-10-31(25-28-23-21(27)13-18(26)14-22(23)36-25)24(33)17-4-8-20(9-5-17)37(34,35)30(3)19-6-7-19/h4-5,8-9,12-14,19H,6-7,10-11H2,1-3H3. The first-order valence-corrected chi connectivity index (χ1v) is 14.0. The maximum atomic E-state index is 14.4. The molecule has 2 aromatic carbocycles. The lowest BCUT2D eigenvalue weighted by atomic mass is 10.2. The van der Waals surface area contributed by atoms with E-state index in [1.165, 1.54) is 39.5 Å². The van der Waals surface area contributed by atoms with Crippen LogP contribution in [0.25, 0.3) is 10.2 Å². The van der Waals surface area contributed by atoms with Crippen molar-refractivity contribution in [1.82, 2.24) is 19.1 Å². The first-order chi connectivity index (χ1) is 17.5. The number of halogens is 2. The Labute approximate surface area is 217 Å². The molecule has 194 valence electrons. The minimum Gasteiger partial charge on any atom is -0.282 e. The summed E-state index contributed by atoms with van der Waals surface area (Å²) in [5.41, 5.74) is 1.97. The van der Waals surface area contributed by atoms with Gasteiger partial charge in [0.05, 0.1) is 21.8 Å². The van der Waals surface area contributed by atoms with E-state index in [9.17, 15) is 22.0 Å². The number of anilines is 1. The van der Waals surface area contributed by atoms with Gasteiger partial charge in [-0.25, -0.2) is 22.2 Å². The summed E-state index contributed by atoms with van der Waals surface area (Å²) in [5.74, 6) is -1.98. The van der Waals surface area contributed by atoms with Crippen LogP contribution in [0.3, 0.4) is 0 Å². The minimum atomic E-state index is -3.66. The molecule has 0 bridgehead atoms. The molecule has 0 atom stereocenters. The molecule has 1 fully saturated rings. The Hall–Kier alpha value is -3.22. The van der Waals surface area contributed by atoms with Gasteiger partial charge in [0.1, 0.15) is 11.3 Å². The number of thiazole rings is 1. The number of aryl methyl sites for hydroxylation is 2. The molecule has 0 saturated heterocycles. The lowest BCUT2D eigenvalue weighted by molar-refractivity contribution is 0.0985. The molecule has 0 spiro atoms. The third-order valence-corrected chi connectivity index (χ3v) is 9.31. The molecule has 8 nitrogen and oxygen atoms in total. The molecular formula is C25H25F2N5O3S2. The molecule has 1 aliphatic carbocycles. The molecule has 1 amide bonds. The molecule has 12 heteroatoms. The van der Waals surface area contributed by atoms with Crippen LogP contribution in [-0.4, -0.2) is 53.0 Å². The Morgan fingerprint density at radius 3 is 2.46 bits per heavy atom. The van der Waals surface area contributed by atoms with Gasteiger partial charge in [-0.1, -0.05) is 11.3 Å². The molecule has 37 heavy (non-hydrogen) atoms. The average Bonchev–Trinajstić information content (AvgIpc) is 3.53. The lowest BCUT2D eigenvalue weighted by Gasteiger charge is -2.21. The van der Waals surface area contributed by atoms with Gasteiger partial charge in [-0.15, -0.1) is 0 Å². The highest BCUT2D eigenvalue weighted by Crippen LogP contribution is 2.33.